The van der Waals surface area contributed by atoms with Crippen molar-refractivity contribution in [2.75, 3.05) is 6.54 Å². The molecule has 3 amide bonds. The van der Waals surface area contributed by atoms with E-state index in [1.165, 1.54) is 4.90 Å². The van der Waals surface area contributed by atoms with E-state index < -0.39 is 0 Å². The van der Waals surface area contributed by atoms with Gasteiger partial charge in [0, 0.05) is 19.5 Å². The van der Waals surface area contributed by atoms with Crippen LogP contribution in [0.15, 0.2) is 60.7 Å². The van der Waals surface area contributed by atoms with Gasteiger partial charge >= 0.3 is 6.03 Å². The maximum absolute atomic E-state index is 12.6. The van der Waals surface area contributed by atoms with Crippen LogP contribution in [0.5, 0.6) is 0 Å². The highest BCUT2D eigenvalue weighted by molar-refractivity contribution is 5.96. The number of urea groups is 1. The quantitative estimate of drug-likeness (QED) is 0.869. The van der Waals surface area contributed by atoms with Crippen molar-refractivity contribution < 1.29 is 9.59 Å². The van der Waals surface area contributed by atoms with Gasteiger partial charge in [-0.1, -0.05) is 60.7 Å². The van der Waals surface area contributed by atoms with E-state index in [0.717, 1.165) is 11.1 Å². The van der Waals surface area contributed by atoms with Crippen LogP contribution < -0.4 is 0 Å². The van der Waals surface area contributed by atoms with Crippen LogP contribution >= 0.6 is 0 Å². The van der Waals surface area contributed by atoms with Crippen molar-refractivity contribution in [2.45, 2.75) is 19.5 Å². The van der Waals surface area contributed by atoms with E-state index >= 15 is 0 Å². The fourth-order valence-electron chi connectivity index (χ4n) is 2.61. The summed E-state index contributed by atoms with van der Waals surface area (Å²) in [5.41, 5.74) is 2.04. The Morgan fingerprint density at radius 3 is 1.91 bits per heavy atom. The fraction of sp³-hybridized carbons (Fsp3) is 0.222. The van der Waals surface area contributed by atoms with Crippen LogP contribution in [-0.4, -0.2) is 28.3 Å². The van der Waals surface area contributed by atoms with Crippen molar-refractivity contribution in [3.63, 3.8) is 0 Å². The Bertz CT molecular complexity index is 655. The van der Waals surface area contributed by atoms with Crippen LogP contribution in [0, 0.1) is 0 Å². The van der Waals surface area contributed by atoms with Crippen molar-refractivity contribution in [3.05, 3.63) is 71.8 Å². The van der Waals surface area contributed by atoms with Crippen LogP contribution in [0.3, 0.4) is 0 Å². The summed E-state index contributed by atoms with van der Waals surface area (Å²) in [6.45, 7) is 1.36. The molecule has 0 aromatic heterocycles. The standard InChI is InChI=1S/C18H18N2O2/c21-17-11-12-19(13-15-7-3-1-4-8-15)18(22)20(17)14-16-9-5-2-6-10-16/h1-10H,11-14H2. The molecule has 0 atom stereocenters. The summed E-state index contributed by atoms with van der Waals surface area (Å²) >= 11 is 0. The maximum Gasteiger partial charge on any atom is 0.327 e. The largest absolute Gasteiger partial charge is 0.327 e. The summed E-state index contributed by atoms with van der Waals surface area (Å²) in [6.07, 6.45) is 0.380. The van der Waals surface area contributed by atoms with Crippen molar-refractivity contribution >= 4 is 11.9 Å². The van der Waals surface area contributed by atoms with Gasteiger partial charge in [0.15, 0.2) is 0 Å². The zero-order chi connectivity index (χ0) is 15.4. The molecule has 0 saturated carbocycles. The first kappa shape index (κ1) is 14.3. The zero-order valence-electron chi connectivity index (χ0n) is 12.3. The molecule has 4 nitrogen and oxygen atoms in total. The van der Waals surface area contributed by atoms with Crippen LogP contribution in [0.4, 0.5) is 4.79 Å². The molecule has 0 radical (unpaired) electrons. The van der Waals surface area contributed by atoms with E-state index in [0.29, 0.717) is 26.1 Å². The van der Waals surface area contributed by atoms with Gasteiger partial charge in [0.2, 0.25) is 5.91 Å². The topological polar surface area (TPSA) is 40.6 Å². The molecule has 1 aliphatic heterocycles. The molecule has 112 valence electrons. The van der Waals surface area contributed by atoms with Crippen molar-refractivity contribution in [1.82, 2.24) is 9.80 Å². The summed E-state index contributed by atoms with van der Waals surface area (Å²) in [6, 6.07) is 19.2. The smallest absolute Gasteiger partial charge is 0.319 e. The Labute approximate surface area is 130 Å². The molecule has 0 unspecified atom stereocenters. The van der Waals surface area contributed by atoms with Gasteiger partial charge < -0.3 is 4.90 Å². The maximum atomic E-state index is 12.6. The molecule has 1 aliphatic rings. The summed E-state index contributed by atoms with van der Waals surface area (Å²) in [4.78, 5) is 27.7. The predicted octanol–water partition coefficient (Wildman–Crippen LogP) is 3.04. The van der Waals surface area contributed by atoms with E-state index in [2.05, 4.69) is 0 Å². The molecule has 1 fully saturated rings. The second-order valence-corrected chi connectivity index (χ2v) is 5.41. The third-order valence-corrected chi connectivity index (χ3v) is 3.80. The van der Waals surface area contributed by atoms with E-state index in [9.17, 15) is 9.59 Å². The lowest BCUT2D eigenvalue weighted by molar-refractivity contribution is -0.131. The monoisotopic (exact) mass is 294 g/mol. The fourth-order valence-corrected chi connectivity index (χ4v) is 2.61. The van der Waals surface area contributed by atoms with Gasteiger partial charge in [-0.3, -0.25) is 9.69 Å². The average Bonchev–Trinajstić information content (AvgIpc) is 2.56. The van der Waals surface area contributed by atoms with Crippen LogP contribution in [0.2, 0.25) is 0 Å². The van der Waals surface area contributed by atoms with Gasteiger partial charge in [0.1, 0.15) is 0 Å². The number of amides is 3. The molecule has 22 heavy (non-hydrogen) atoms. The number of hydrogen-bond donors (Lipinski definition) is 0. The lowest BCUT2D eigenvalue weighted by atomic mass is 10.1. The van der Waals surface area contributed by atoms with E-state index in [1.54, 1.807) is 4.90 Å². The summed E-state index contributed by atoms with van der Waals surface area (Å²) in [5.74, 6) is -0.0989. The van der Waals surface area contributed by atoms with Crippen molar-refractivity contribution in [1.29, 1.82) is 0 Å². The second kappa shape index (κ2) is 6.43. The number of carbonyl (C=O) groups excluding carboxylic acids is 2. The first-order chi connectivity index (χ1) is 10.7. The van der Waals surface area contributed by atoms with Gasteiger partial charge in [0.25, 0.3) is 0 Å². The van der Waals surface area contributed by atoms with Gasteiger partial charge in [-0.2, -0.15) is 0 Å². The molecule has 3 rings (SSSR count). The van der Waals surface area contributed by atoms with Gasteiger partial charge in [-0.15, -0.1) is 0 Å². The third kappa shape index (κ3) is 3.17. The number of nitrogens with zero attached hydrogens (tertiary/aromatic N) is 2. The van der Waals surface area contributed by atoms with Crippen LogP contribution in [0.25, 0.3) is 0 Å². The van der Waals surface area contributed by atoms with Crippen LogP contribution in [-0.2, 0) is 17.9 Å². The van der Waals surface area contributed by atoms with Gasteiger partial charge in [-0.25, -0.2) is 4.79 Å². The van der Waals surface area contributed by atoms with Crippen molar-refractivity contribution in [2.24, 2.45) is 0 Å². The third-order valence-electron chi connectivity index (χ3n) is 3.80. The number of carbonyl (C=O) groups is 2. The highest BCUT2D eigenvalue weighted by Gasteiger charge is 2.31. The van der Waals surface area contributed by atoms with Gasteiger partial charge in [0.05, 0.1) is 6.54 Å². The predicted molar refractivity (Wildman–Crippen MR) is 83.9 cm³/mol. The molecule has 2 aromatic carbocycles. The average molecular weight is 294 g/mol. The molecular weight excluding hydrogens is 276 g/mol. The minimum Gasteiger partial charge on any atom is -0.319 e. The first-order valence-electron chi connectivity index (χ1n) is 7.41. The summed E-state index contributed by atoms with van der Waals surface area (Å²) in [7, 11) is 0. The van der Waals surface area contributed by atoms with E-state index in [4.69, 9.17) is 0 Å². The SMILES string of the molecule is O=C1CCN(Cc2ccccc2)C(=O)N1Cc1ccccc1. The molecule has 1 saturated heterocycles. The zero-order valence-corrected chi connectivity index (χ0v) is 12.3. The highest BCUT2D eigenvalue weighted by Crippen LogP contribution is 2.17. The summed E-state index contributed by atoms with van der Waals surface area (Å²) in [5, 5.41) is 0. The Kier molecular flexibility index (Phi) is 4.19. The van der Waals surface area contributed by atoms with E-state index in [-0.39, 0.29) is 11.9 Å². The number of benzene rings is 2. The highest BCUT2D eigenvalue weighted by atomic mass is 16.2. The first-order valence-corrected chi connectivity index (χ1v) is 7.41. The Hall–Kier alpha value is -2.62. The minimum atomic E-state index is -0.205. The normalized spacial score (nSPS) is 15.3. The molecule has 2 aromatic rings. The Balaban J connectivity index is 1.73. The van der Waals surface area contributed by atoms with E-state index in [1.807, 2.05) is 60.7 Å². The molecule has 1 heterocycles. The molecule has 0 spiro atoms. The van der Waals surface area contributed by atoms with Crippen molar-refractivity contribution in [3.8, 4) is 0 Å². The molecule has 0 N–H and O–H groups in total. The number of rotatable bonds is 4. The summed E-state index contributed by atoms with van der Waals surface area (Å²) < 4.78 is 0. The lowest BCUT2D eigenvalue weighted by Gasteiger charge is -2.34. The molecule has 0 bridgehead atoms. The molecule has 4 heteroatoms. The Morgan fingerprint density at radius 2 is 1.32 bits per heavy atom. The number of hydrogen-bond acceptors (Lipinski definition) is 2. The molecular formula is C18H18N2O2. The Morgan fingerprint density at radius 1 is 0.773 bits per heavy atom. The molecule has 0 aliphatic carbocycles. The lowest BCUT2D eigenvalue weighted by Crippen LogP contribution is -2.51. The minimum absolute atomic E-state index is 0.0989. The number of imide groups is 1. The second-order valence-electron chi connectivity index (χ2n) is 5.41. The van der Waals surface area contributed by atoms with Crippen LogP contribution in [0.1, 0.15) is 17.5 Å². The van der Waals surface area contributed by atoms with Gasteiger partial charge in [-0.05, 0) is 11.1 Å².